The van der Waals surface area contributed by atoms with Gasteiger partial charge < -0.3 is 14.7 Å². The number of thioether (sulfide) groups is 1. The summed E-state index contributed by atoms with van der Waals surface area (Å²) in [5, 5.41) is 11.2. The average Bonchev–Trinajstić information content (AvgIpc) is 2.97. The average molecular weight is 409 g/mol. The zero-order chi connectivity index (χ0) is 21.0. The number of carbonyl (C=O) groups is 1. The summed E-state index contributed by atoms with van der Waals surface area (Å²) in [6.45, 7) is 3.94. The number of aliphatic hydroxyl groups is 1. The minimum Gasteiger partial charge on any atom is -0.506 e. The number of aliphatic imine (C=N–C) groups is 1. The highest BCUT2D eigenvalue weighted by Gasteiger charge is 2.33. The van der Waals surface area contributed by atoms with Crippen molar-refractivity contribution in [1.82, 2.24) is 0 Å². The molecule has 0 fully saturated rings. The van der Waals surface area contributed by atoms with Gasteiger partial charge in [0.05, 0.1) is 17.2 Å². The first-order chi connectivity index (χ1) is 13.9. The van der Waals surface area contributed by atoms with E-state index in [1.807, 2.05) is 80.5 Å². The van der Waals surface area contributed by atoms with Crippen molar-refractivity contribution < 1.29 is 14.6 Å². The lowest BCUT2D eigenvalue weighted by Gasteiger charge is -2.11. The molecular formula is C23H24N2O3S. The molecule has 1 aliphatic heterocycles. The molecule has 6 heteroatoms. The number of ether oxygens (including phenoxy) is 1. The fourth-order valence-electron chi connectivity index (χ4n) is 2.83. The van der Waals surface area contributed by atoms with Gasteiger partial charge in [-0.05, 0) is 55.3 Å². The van der Waals surface area contributed by atoms with Crippen LogP contribution in [0.15, 0.2) is 69.8 Å². The normalized spacial score (nSPS) is 16.6. The number of anilines is 1. The second-order valence-electron chi connectivity index (χ2n) is 6.80. The third kappa shape index (κ3) is 4.90. The van der Waals surface area contributed by atoms with E-state index in [0.717, 1.165) is 22.5 Å². The topological polar surface area (TPSA) is 62.1 Å². The second kappa shape index (κ2) is 9.01. The molecule has 0 unspecified atom stereocenters. The Bertz CT molecular complexity index is 1010. The minimum atomic E-state index is -0.574. The molecule has 0 saturated carbocycles. The zero-order valence-corrected chi connectivity index (χ0v) is 17.8. The molecule has 0 spiro atoms. The van der Waals surface area contributed by atoms with E-state index in [1.54, 1.807) is 6.92 Å². The largest absolute Gasteiger partial charge is 0.506 e. The number of hydrogen-bond acceptors (Lipinski definition) is 6. The Labute approximate surface area is 175 Å². The minimum absolute atomic E-state index is 0.100. The monoisotopic (exact) mass is 408 g/mol. The van der Waals surface area contributed by atoms with Crippen LogP contribution in [0.3, 0.4) is 0 Å². The van der Waals surface area contributed by atoms with Gasteiger partial charge in [0.1, 0.15) is 16.4 Å². The van der Waals surface area contributed by atoms with Crippen LogP contribution >= 0.6 is 11.8 Å². The van der Waals surface area contributed by atoms with E-state index in [1.165, 1.54) is 11.8 Å². The highest BCUT2D eigenvalue weighted by molar-refractivity contribution is 8.18. The fourth-order valence-corrected chi connectivity index (χ4v) is 3.86. The Morgan fingerprint density at radius 2 is 1.93 bits per heavy atom. The Morgan fingerprint density at radius 1 is 1.21 bits per heavy atom. The molecule has 150 valence electrons. The molecule has 1 N–H and O–H groups in total. The first-order valence-electron chi connectivity index (χ1n) is 9.32. The van der Waals surface area contributed by atoms with E-state index in [9.17, 15) is 9.90 Å². The molecule has 2 aromatic rings. The third-order valence-electron chi connectivity index (χ3n) is 4.31. The summed E-state index contributed by atoms with van der Waals surface area (Å²) in [5.41, 5.74) is 3.90. The Morgan fingerprint density at radius 3 is 2.55 bits per heavy atom. The lowest BCUT2D eigenvalue weighted by molar-refractivity contribution is -0.138. The van der Waals surface area contributed by atoms with Crippen LogP contribution in [0, 0.1) is 6.92 Å². The summed E-state index contributed by atoms with van der Waals surface area (Å²) in [6, 6.07) is 15.6. The van der Waals surface area contributed by atoms with Gasteiger partial charge in [-0.15, -0.1) is 0 Å². The molecule has 3 rings (SSSR count). The molecule has 1 heterocycles. The lowest BCUT2D eigenvalue weighted by Crippen LogP contribution is -2.12. The number of aryl methyl sites for hydroxylation is 1. The van der Waals surface area contributed by atoms with E-state index in [2.05, 4.69) is 4.99 Å². The van der Waals surface area contributed by atoms with Crippen molar-refractivity contribution in [2.45, 2.75) is 13.8 Å². The number of nitrogens with zero attached hydrogens (tertiary/aromatic N) is 2. The summed E-state index contributed by atoms with van der Waals surface area (Å²) < 4.78 is 5.14. The van der Waals surface area contributed by atoms with Gasteiger partial charge in [-0.25, -0.2) is 9.79 Å². The van der Waals surface area contributed by atoms with Crippen LogP contribution in [0.2, 0.25) is 0 Å². The van der Waals surface area contributed by atoms with E-state index in [0.29, 0.717) is 9.95 Å². The molecule has 0 amide bonds. The summed E-state index contributed by atoms with van der Waals surface area (Å²) in [5.74, 6) is -0.674. The molecule has 0 aromatic heterocycles. The van der Waals surface area contributed by atoms with Crippen LogP contribution in [-0.4, -0.2) is 36.8 Å². The molecule has 0 radical (unpaired) electrons. The van der Waals surface area contributed by atoms with Gasteiger partial charge in [0, 0.05) is 19.8 Å². The highest BCUT2D eigenvalue weighted by atomic mass is 32.2. The number of hydrogen-bond donors (Lipinski definition) is 1. The molecule has 0 saturated heterocycles. The van der Waals surface area contributed by atoms with Gasteiger partial charge in [0.15, 0.2) is 0 Å². The standard InChI is InChI=1S/C23H24N2O3S/c1-5-28-23(27)20-21(26)19(14-16-9-11-18(12-10-16)25(3)4)29-22(20)24-17-8-6-7-15(2)13-17/h6-14,26H,5H2,1-4H3. The summed E-state index contributed by atoms with van der Waals surface area (Å²) in [6.07, 6.45) is 1.84. The molecule has 29 heavy (non-hydrogen) atoms. The molecule has 0 bridgehead atoms. The Hall–Kier alpha value is -2.99. The van der Waals surface area contributed by atoms with E-state index >= 15 is 0 Å². The van der Waals surface area contributed by atoms with Gasteiger partial charge in [0.25, 0.3) is 0 Å². The van der Waals surface area contributed by atoms with Crippen molar-refractivity contribution in [3.05, 3.63) is 75.9 Å². The van der Waals surface area contributed by atoms with Crippen molar-refractivity contribution in [3.63, 3.8) is 0 Å². The van der Waals surface area contributed by atoms with Crippen molar-refractivity contribution >= 4 is 40.2 Å². The predicted octanol–water partition coefficient (Wildman–Crippen LogP) is 5.25. The van der Waals surface area contributed by atoms with Gasteiger partial charge in [-0.1, -0.05) is 36.0 Å². The molecule has 0 aliphatic carbocycles. The van der Waals surface area contributed by atoms with E-state index < -0.39 is 5.97 Å². The van der Waals surface area contributed by atoms with Crippen molar-refractivity contribution in [1.29, 1.82) is 0 Å². The Kier molecular flexibility index (Phi) is 6.44. The fraction of sp³-hybridized carbons (Fsp3) is 0.217. The summed E-state index contributed by atoms with van der Waals surface area (Å²) in [4.78, 5) is 19.7. The molecule has 1 aliphatic rings. The highest BCUT2D eigenvalue weighted by Crippen LogP contribution is 2.40. The van der Waals surface area contributed by atoms with Crippen LogP contribution in [0.25, 0.3) is 6.08 Å². The van der Waals surface area contributed by atoms with Crippen LogP contribution in [-0.2, 0) is 9.53 Å². The number of aliphatic hydroxyl groups excluding tert-OH is 1. The second-order valence-corrected chi connectivity index (χ2v) is 7.83. The van der Waals surface area contributed by atoms with Crippen molar-refractivity contribution in [2.75, 3.05) is 25.6 Å². The summed E-state index contributed by atoms with van der Waals surface area (Å²) >= 11 is 1.26. The van der Waals surface area contributed by atoms with Crippen LogP contribution in [0.5, 0.6) is 0 Å². The SMILES string of the molecule is CCOC(=O)C1=C(O)C(=Cc2ccc(N(C)C)cc2)SC1=Nc1cccc(C)c1. The van der Waals surface area contributed by atoms with Crippen LogP contribution in [0.4, 0.5) is 11.4 Å². The third-order valence-corrected chi connectivity index (χ3v) is 5.33. The maximum atomic E-state index is 12.5. The summed E-state index contributed by atoms with van der Waals surface area (Å²) in [7, 11) is 3.96. The van der Waals surface area contributed by atoms with Gasteiger partial charge in [0.2, 0.25) is 0 Å². The van der Waals surface area contributed by atoms with Gasteiger partial charge in [-0.2, -0.15) is 0 Å². The van der Waals surface area contributed by atoms with Crippen molar-refractivity contribution in [3.8, 4) is 0 Å². The number of esters is 1. The predicted molar refractivity (Wildman–Crippen MR) is 121 cm³/mol. The number of carbonyl (C=O) groups excluding carboxylic acids is 1. The van der Waals surface area contributed by atoms with Crippen LogP contribution < -0.4 is 4.90 Å². The van der Waals surface area contributed by atoms with Gasteiger partial charge in [-0.3, -0.25) is 0 Å². The maximum Gasteiger partial charge on any atom is 0.344 e. The molecule has 2 aromatic carbocycles. The molecular weight excluding hydrogens is 384 g/mol. The quantitative estimate of drug-likeness (QED) is 0.684. The molecule has 0 atom stereocenters. The number of rotatable bonds is 5. The van der Waals surface area contributed by atoms with E-state index in [4.69, 9.17) is 4.74 Å². The smallest absolute Gasteiger partial charge is 0.344 e. The zero-order valence-electron chi connectivity index (χ0n) is 17.0. The van der Waals surface area contributed by atoms with Crippen LogP contribution in [0.1, 0.15) is 18.1 Å². The Balaban J connectivity index is 2.00. The first kappa shape index (κ1) is 20.7. The van der Waals surface area contributed by atoms with E-state index in [-0.39, 0.29) is 17.9 Å². The maximum absolute atomic E-state index is 12.5. The number of benzene rings is 2. The lowest BCUT2D eigenvalue weighted by atomic mass is 10.1. The molecule has 5 nitrogen and oxygen atoms in total. The van der Waals surface area contributed by atoms with Gasteiger partial charge >= 0.3 is 5.97 Å². The van der Waals surface area contributed by atoms with Crippen molar-refractivity contribution in [2.24, 2.45) is 4.99 Å². The first-order valence-corrected chi connectivity index (χ1v) is 10.1.